The molecule has 3 rings (SSSR count). The van der Waals surface area contributed by atoms with Crippen LogP contribution in [0.5, 0.6) is 0 Å². The molecule has 2 N–H and O–H groups in total. The number of amides is 1. The first-order valence-corrected chi connectivity index (χ1v) is 7.94. The molecular weight excluding hydrogens is 308 g/mol. The number of aliphatic hydroxyl groups excluding tert-OH is 1. The van der Waals surface area contributed by atoms with E-state index in [1.54, 1.807) is 10.9 Å². The maximum absolute atomic E-state index is 12.7. The van der Waals surface area contributed by atoms with Crippen molar-refractivity contribution >= 4 is 11.7 Å². The minimum Gasteiger partial charge on any atom is -0.396 e. The van der Waals surface area contributed by atoms with Gasteiger partial charge in [0, 0.05) is 44.6 Å². The van der Waals surface area contributed by atoms with Gasteiger partial charge >= 0.3 is 0 Å². The molecule has 0 aliphatic carbocycles. The quantitative estimate of drug-likeness (QED) is 0.823. The van der Waals surface area contributed by atoms with E-state index in [0.717, 1.165) is 11.5 Å². The van der Waals surface area contributed by atoms with E-state index in [4.69, 9.17) is 0 Å². The topological polar surface area (TPSA) is 96.2 Å². The normalized spacial score (nSPS) is 20.4. The van der Waals surface area contributed by atoms with Crippen LogP contribution in [-0.2, 0) is 7.05 Å². The molecule has 1 saturated heterocycles. The van der Waals surface area contributed by atoms with E-state index >= 15 is 0 Å². The lowest BCUT2D eigenvalue weighted by Gasteiger charge is -2.18. The number of carbonyl (C=O) groups is 1. The molecule has 1 amide bonds. The number of hydrogen-bond acceptors (Lipinski definition) is 6. The van der Waals surface area contributed by atoms with Crippen LogP contribution in [0.1, 0.15) is 21.7 Å². The van der Waals surface area contributed by atoms with Crippen molar-refractivity contribution in [1.82, 2.24) is 25.1 Å². The number of carbonyl (C=O) groups excluding carboxylic acids is 1. The lowest BCUT2D eigenvalue weighted by atomic mass is 10.0. The third-order valence-electron chi connectivity index (χ3n) is 4.62. The van der Waals surface area contributed by atoms with Gasteiger partial charge < -0.3 is 15.3 Å². The Kier molecular flexibility index (Phi) is 4.48. The van der Waals surface area contributed by atoms with Crippen LogP contribution in [0.3, 0.4) is 0 Å². The Balaban J connectivity index is 1.75. The monoisotopic (exact) mass is 330 g/mol. The first-order valence-electron chi connectivity index (χ1n) is 7.94. The van der Waals surface area contributed by atoms with Gasteiger partial charge in [0.1, 0.15) is 12.1 Å². The molecular formula is C16H22N6O2. The van der Waals surface area contributed by atoms with Gasteiger partial charge in [-0.25, -0.2) is 9.97 Å². The summed E-state index contributed by atoms with van der Waals surface area (Å²) in [6.45, 7) is 4.96. The molecule has 8 heteroatoms. The molecule has 2 aromatic rings. The number of rotatable bonds is 4. The highest BCUT2D eigenvalue weighted by Gasteiger charge is 2.35. The third kappa shape index (κ3) is 2.96. The zero-order chi connectivity index (χ0) is 17.3. The fraction of sp³-hybridized carbons (Fsp3) is 0.500. The second kappa shape index (κ2) is 6.56. The van der Waals surface area contributed by atoms with E-state index in [-0.39, 0.29) is 24.5 Å². The Bertz CT molecular complexity index is 730. The zero-order valence-corrected chi connectivity index (χ0v) is 14.1. The van der Waals surface area contributed by atoms with Gasteiger partial charge in [-0.15, -0.1) is 0 Å². The van der Waals surface area contributed by atoms with Crippen molar-refractivity contribution in [3.05, 3.63) is 35.5 Å². The van der Waals surface area contributed by atoms with Gasteiger partial charge in [0.05, 0.1) is 17.3 Å². The average Bonchev–Trinajstić information content (AvgIpc) is 3.09. The molecule has 0 spiro atoms. The average molecular weight is 330 g/mol. The van der Waals surface area contributed by atoms with E-state index in [0.29, 0.717) is 24.3 Å². The first kappa shape index (κ1) is 16.4. The summed E-state index contributed by atoms with van der Waals surface area (Å²) in [4.78, 5) is 22.9. The van der Waals surface area contributed by atoms with Gasteiger partial charge in [-0.3, -0.25) is 9.48 Å². The summed E-state index contributed by atoms with van der Waals surface area (Å²) < 4.78 is 1.70. The smallest absolute Gasteiger partial charge is 0.255 e. The molecule has 1 fully saturated rings. The summed E-state index contributed by atoms with van der Waals surface area (Å²) in [6, 6.07) is 1.69. The van der Waals surface area contributed by atoms with Crippen LogP contribution >= 0.6 is 0 Å². The predicted octanol–water partition coefficient (Wildman–Crippen LogP) is 0.0540. The van der Waals surface area contributed by atoms with E-state index < -0.39 is 0 Å². The van der Waals surface area contributed by atoms with E-state index in [9.17, 15) is 9.90 Å². The van der Waals surface area contributed by atoms with Gasteiger partial charge in [0.15, 0.2) is 0 Å². The molecule has 0 unspecified atom stereocenters. The van der Waals surface area contributed by atoms with Crippen molar-refractivity contribution in [3.8, 4) is 0 Å². The second-order valence-corrected chi connectivity index (χ2v) is 6.16. The van der Waals surface area contributed by atoms with Crippen LogP contribution in [0.2, 0.25) is 0 Å². The molecule has 0 saturated carbocycles. The van der Waals surface area contributed by atoms with Gasteiger partial charge in [0.25, 0.3) is 5.91 Å². The van der Waals surface area contributed by atoms with Gasteiger partial charge in [-0.1, -0.05) is 0 Å². The summed E-state index contributed by atoms with van der Waals surface area (Å²) in [5.74, 6) is 0.612. The fourth-order valence-corrected chi connectivity index (χ4v) is 3.22. The van der Waals surface area contributed by atoms with Crippen LogP contribution in [-0.4, -0.2) is 56.5 Å². The van der Waals surface area contributed by atoms with Crippen LogP contribution in [0.4, 0.5) is 5.82 Å². The zero-order valence-electron chi connectivity index (χ0n) is 14.1. The number of aromatic nitrogens is 4. The number of nitrogens with one attached hydrogen (secondary N) is 1. The third-order valence-corrected chi connectivity index (χ3v) is 4.62. The number of anilines is 1. The Hall–Kier alpha value is -2.48. The Morgan fingerprint density at radius 1 is 1.42 bits per heavy atom. The molecule has 2 aromatic heterocycles. The Morgan fingerprint density at radius 2 is 2.21 bits per heavy atom. The summed E-state index contributed by atoms with van der Waals surface area (Å²) in [6.07, 6.45) is 3.18. The van der Waals surface area contributed by atoms with Crippen molar-refractivity contribution in [1.29, 1.82) is 0 Å². The van der Waals surface area contributed by atoms with Crippen molar-refractivity contribution in [3.63, 3.8) is 0 Å². The molecule has 24 heavy (non-hydrogen) atoms. The largest absolute Gasteiger partial charge is 0.396 e. The fourth-order valence-electron chi connectivity index (χ4n) is 3.22. The van der Waals surface area contributed by atoms with Crippen LogP contribution < -0.4 is 10.2 Å². The van der Waals surface area contributed by atoms with Gasteiger partial charge in [-0.2, -0.15) is 5.10 Å². The molecule has 1 aliphatic rings. The Labute approximate surface area is 140 Å². The Morgan fingerprint density at radius 3 is 2.79 bits per heavy atom. The van der Waals surface area contributed by atoms with Crippen LogP contribution in [0.15, 0.2) is 18.6 Å². The number of aliphatic hydroxyl groups is 1. The molecule has 2 atom stereocenters. The maximum atomic E-state index is 12.7. The standard InChI is InChI=1S/C16H22N6O2/c1-10-15(11(2)21(3)20-10)16(24)19-13-7-22(6-12(13)8-23)14-4-5-17-9-18-14/h4-5,9,12-13,23H,6-8H2,1-3H3,(H,19,24)/t12-,13+/m0/s1. The summed E-state index contributed by atoms with van der Waals surface area (Å²) in [5.41, 5.74) is 2.14. The van der Waals surface area contributed by atoms with E-state index in [1.165, 1.54) is 6.33 Å². The summed E-state index contributed by atoms with van der Waals surface area (Å²) in [5, 5.41) is 17.0. The molecule has 8 nitrogen and oxygen atoms in total. The van der Waals surface area contributed by atoms with Crippen molar-refractivity contribution < 1.29 is 9.90 Å². The van der Waals surface area contributed by atoms with Crippen LogP contribution in [0, 0.1) is 19.8 Å². The SMILES string of the molecule is Cc1nn(C)c(C)c1C(=O)N[C@@H]1CN(c2ccncn2)C[C@H]1CO. The van der Waals surface area contributed by atoms with Crippen molar-refractivity contribution in [2.75, 3.05) is 24.6 Å². The minimum atomic E-state index is -0.147. The highest BCUT2D eigenvalue weighted by atomic mass is 16.3. The highest BCUT2D eigenvalue weighted by Crippen LogP contribution is 2.22. The minimum absolute atomic E-state index is 0.0114. The molecule has 0 aromatic carbocycles. The molecule has 1 aliphatic heterocycles. The highest BCUT2D eigenvalue weighted by molar-refractivity contribution is 5.96. The van der Waals surface area contributed by atoms with Crippen molar-refractivity contribution in [2.45, 2.75) is 19.9 Å². The molecule has 0 radical (unpaired) electrons. The first-order chi connectivity index (χ1) is 11.5. The number of aryl methyl sites for hydroxylation is 2. The summed E-state index contributed by atoms with van der Waals surface area (Å²) >= 11 is 0. The number of hydrogen-bond donors (Lipinski definition) is 2. The van der Waals surface area contributed by atoms with Crippen LogP contribution in [0.25, 0.3) is 0 Å². The van der Waals surface area contributed by atoms with E-state index in [1.807, 2.05) is 27.0 Å². The van der Waals surface area contributed by atoms with E-state index in [2.05, 4.69) is 25.3 Å². The van der Waals surface area contributed by atoms with Gasteiger partial charge in [-0.05, 0) is 19.9 Å². The lowest BCUT2D eigenvalue weighted by Crippen LogP contribution is -2.42. The molecule has 0 bridgehead atoms. The number of nitrogens with zero attached hydrogens (tertiary/aromatic N) is 5. The molecule has 3 heterocycles. The maximum Gasteiger partial charge on any atom is 0.255 e. The lowest BCUT2D eigenvalue weighted by molar-refractivity contribution is 0.0920. The van der Waals surface area contributed by atoms with Gasteiger partial charge in [0.2, 0.25) is 0 Å². The van der Waals surface area contributed by atoms with Crippen molar-refractivity contribution in [2.24, 2.45) is 13.0 Å². The summed E-state index contributed by atoms with van der Waals surface area (Å²) in [7, 11) is 1.82. The second-order valence-electron chi connectivity index (χ2n) is 6.16. The molecule has 128 valence electrons. The predicted molar refractivity (Wildman–Crippen MR) is 88.8 cm³/mol.